The maximum Gasteiger partial charge on any atom is 0.270 e. The molecule has 1 unspecified atom stereocenters. The standard InChI is InChI=1S/C15H20ClN3O3.ClH/c16-14-9-13(19(21)22)4-3-12(14)8-15(20)18-7-5-11-2-1-6-17-10-11;/h3-4,9,11,17H,1-2,5-8,10H2,(H,18,20);1H. The molecule has 2 rings (SSSR count). The van der Waals surface area contributed by atoms with E-state index in [-0.39, 0.29) is 35.4 Å². The summed E-state index contributed by atoms with van der Waals surface area (Å²) >= 11 is 5.98. The number of carbonyl (C=O) groups is 1. The van der Waals surface area contributed by atoms with Crippen molar-refractivity contribution in [3.05, 3.63) is 38.9 Å². The lowest BCUT2D eigenvalue weighted by molar-refractivity contribution is -0.384. The fourth-order valence-corrected chi connectivity index (χ4v) is 2.86. The van der Waals surface area contributed by atoms with E-state index in [2.05, 4.69) is 10.6 Å². The lowest BCUT2D eigenvalue weighted by atomic mass is 9.96. The van der Waals surface area contributed by atoms with Crippen molar-refractivity contribution in [3.8, 4) is 0 Å². The van der Waals surface area contributed by atoms with E-state index in [9.17, 15) is 14.9 Å². The molecule has 0 saturated carbocycles. The maximum atomic E-state index is 11.9. The number of nitrogens with zero attached hydrogens (tertiary/aromatic N) is 1. The van der Waals surface area contributed by atoms with Crippen molar-refractivity contribution in [3.63, 3.8) is 0 Å². The van der Waals surface area contributed by atoms with Crippen LogP contribution in [0.1, 0.15) is 24.8 Å². The molecule has 128 valence electrons. The number of piperidine rings is 1. The van der Waals surface area contributed by atoms with Crippen LogP contribution in [0.15, 0.2) is 18.2 Å². The van der Waals surface area contributed by atoms with Gasteiger partial charge in [0.2, 0.25) is 5.91 Å². The highest BCUT2D eigenvalue weighted by Gasteiger charge is 2.14. The molecule has 1 aliphatic heterocycles. The molecule has 1 atom stereocenters. The predicted octanol–water partition coefficient (Wildman–Crippen LogP) is 2.72. The number of amides is 1. The molecule has 0 aromatic heterocycles. The number of non-ortho nitro benzene ring substituents is 1. The van der Waals surface area contributed by atoms with Gasteiger partial charge in [-0.1, -0.05) is 17.7 Å². The highest BCUT2D eigenvalue weighted by molar-refractivity contribution is 6.31. The first-order valence-corrected chi connectivity index (χ1v) is 7.84. The van der Waals surface area contributed by atoms with E-state index in [1.807, 2.05) is 0 Å². The van der Waals surface area contributed by atoms with Crippen LogP contribution in [0.3, 0.4) is 0 Å². The van der Waals surface area contributed by atoms with Crippen LogP contribution < -0.4 is 10.6 Å². The second kappa shape index (κ2) is 9.70. The first-order chi connectivity index (χ1) is 10.6. The minimum atomic E-state index is -0.506. The van der Waals surface area contributed by atoms with E-state index < -0.39 is 4.92 Å². The zero-order chi connectivity index (χ0) is 15.9. The van der Waals surface area contributed by atoms with Crippen LogP contribution in [0.5, 0.6) is 0 Å². The van der Waals surface area contributed by atoms with Gasteiger partial charge in [-0.15, -0.1) is 12.4 Å². The number of carbonyl (C=O) groups excluding carboxylic acids is 1. The molecule has 8 heteroatoms. The summed E-state index contributed by atoms with van der Waals surface area (Å²) < 4.78 is 0. The summed E-state index contributed by atoms with van der Waals surface area (Å²) in [4.78, 5) is 22.0. The van der Waals surface area contributed by atoms with Gasteiger partial charge in [-0.3, -0.25) is 14.9 Å². The van der Waals surface area contributed by atoms with Gasteiger partial charge in [0, 0.05) is 18.7 Å². The number of nitro groups is 1. The molecule has 1 fully saturated rings. The first-order valence-electron chi connectivity index (χ1n) is 7.46. The Morgan fingerprint density at radius 1 is 1.48 bits per heavy atom. The molecule has 1 amide bonds. The van der Waals surface area contributed by atoms with Crippen molar-refractivity contribution in [2.75, 3.05) is 19.6 Å². The maximum absolute atomic E-state index is 11.9. The predicted molar refractivity (Wildman–Crippen MR) is 92.3 cm³/mol. The Kier molecular flexibility index (Phi) is 8.30. The van der Waals surface area contributed by atoms with Gasteiger partial charge in [-0.25, -0.2) is 0 Å². The summed E-state index contributed by atoms with van der Waals surface area (Å²) in [6.45, 7) is 2.75. The zero-order valence-electron chi connectivity index (χ0n) is 12.7. The average Bonchev–Trinajstić information content (AvgIpc) is 2.50. The molecule has 0 aliphatic carbocycles. The number of nitrogens with one attached hydrogen (secondary N) is 2. The van der Waals surface area contributed by atoms with E-state index in [0.717, 1.165) is 19.5 Å². The summed E-state index contributed by atoms with van der Waals surface area (Å²) in [5.41, 5.74) is 0.531. The van der Waals surface area contributed by atoms with Crippen molar-refractivity contribution in [2.45, 2.75) is 25.7 Å². The molecule has 1 saturated heterocycles. The third-order valence-corrected chi connectivity index (χ3v) is 4.22. The number of rotatable bonds is 6. The van der Waals surface area contributed by atoms with E-state index in [1.54, 1.807) is 0 Å². The second-order valence-corrected chi connectivity index (χ2v) is 5.97. The normalized spacial score (nSPS) is 17.2. The SMILES string of the molecule is Cl.O=C(Cc1ccc([N+](=O)[O-])cc1Cl)NCCC1CCCNC1. The third kappa shape index (κ3) is 6.33. The zero-order valence-corrected chi connectivity index (χ0v) is 14.3. The van der Waals surface area contributed by atoms with Gasteiger partial charge in [0.1, 0.15) is 0 Å². The van der Waals surface area contributed by atoms with E-state index in [1.165, 1.54) is 31.0 Å². The number of benzene rings is 1. The Hall–Kier alpha value is -1.37. The van der Waals surface area contributed by atoms with Gasteiger partial charge in [0.15, 0.2) is 0 Å². The quantitative estimate of drug-likeness (QED) is 0.602. The Morgan fingerprint density at radius 3 is 2.87 bits per heavy atom. The van der Waals surface area contributed by atoms with Crippen LogP contribution >= 0.6 is 24.0 Å². The molecular formula is C15H21Cl2N3O3. The van der Waals surface area contributed by atoms with Gasteiger partial charge in [0.25, 0.3) is 5.69 Å². The Balaban J connectivity index is 0.00000264. The smallest absolute Gasteiger partial charge is 0.270 e. The third-order valence-electron chi connectivity index (χ3n) is 3.87. The molecule has 6 nitrogen and oxygen atoms in total. The molecular weight excluding hydrogens is 341 g/mol. The summed E-state index contributed by atoms with van der Waals surface area (Å²) in [5.74, 6) is 0.511. The number of hydrogen-bond donors (Lipinski definition) is 2. The van der Waals surface area contributed by atoms with Crippen molar-refractivity contribution in [1.82, 2.24) is 10.6 Å². The summed E-state index contributed by atoms with van der Waals surface area (Å²) in [6, 6.07) is 4.17. The second-order valence-electron chi connectivity index (χ2n) is 5.56. The van der Waals surface area contributed by atoms with Crippen LogP contribution in [-0.2, 0) is 11.2 Å². The average molecular weight is 362 g/mol. The van der Waals surface area contributed by atoms with Crippen molar-refractivity contribution in [2.24, 2.45) is 5.92 Å². The number of hydrogen-bond acceptors (Lipinski definition) is 4. The molecule has 0 bridgehead atoms. The largest absolute Gasteiger partial charge is 0.356 e. The summed E-state index contributed by atoms with van der Waals surface area (Å²) in [5, 5.41) is 17.1. The van der Waals surface area contributed by atoms with E-state index in [4.69, 9.17) is 11.6 Å². The van der Waals surface area contributed by atoms with Gasteiger partial charge in [-0.05, 0) is 43.8 Å². The van der Waals surface area contributed by atoms with Gasteiger partial charge < -0.3 is 10.6 Å². The highest BCUT2D eigenvalue weighted by Crippen LogP contribution is 2.22. The first kappa shape index (κ1) is 19.7. The Labute approximate surface area is 146 Å². The van der Waals surface area contributed by atoms with E-state index >= 15 is 0 Å². The topological polar surface area (TPSA) is 84.3 Å². The minimum Gasteiger partial charge on any atom is -0.356 e. The van der Waals surface area contributed by atoms with Crippen LogP contribution in [0.25, 0.3) is 0 Å². The van der Waals surface area contributed by atoms with Crippen LogP contribution in [-0.4, -0.2) is 30.5 Å². The van der Waals surface area contributed by atoms with E-state index in [0.29, 0.717) is 18.0 Å². The number of halogens is 2. The minimum absolute atomic E-state index is 0. The lowest BCUT2D eigenvalue weighted by Crippen LogP contribution is -2.33. The van der Waals surface area contributed by atoms with Crippen molar-refractivity contribution in [1.29, 1.82) is 0 Å². The lowest BCUT2D eigenvalue weighted by Gasteiger charge is -2.22. The molecule has 23 heavy (non-hydrogen) atoms. The number of nitro benzene ring substituents is 1. The van der Waals surface area contributed by atoms with Gasteiger partial charge >= 0.3 is 0 Å². The Morgan fingerprint density at radius 2 is 2.26 bits per heavy atom. The molecule has 1 heterocycles. The molecule has 0 radical (unpaired) electrons. The van der Waals surface area contributed by atoms with Crippen LogP contribution in [0.4, 0.5) is 5.69 Å². The van der Waals surface area contributed by atoms with Gasteiger partial charge in [-0.2, -0.15) is 0 Å². The summed E-state index contributed by atoms with van der Waals surface area (Å²) in [6.07, 6.45) is 3.50. The fraction of sp³-hybridized carbons (Fsp3) is 0.533. The van der Waals surface area contributed by atoms with Crippen molar-refractivity contribution >= 4 is 35.6 Å². The Bertz CT molecular complexity index is 549. The molecule has 2 N–H and O–H groups in total. The summed E-state index contributed by atoms with van der Waals surface area (Å²) in [7, 11) is 0. The van der Waals surface area contributed by atoms with Gasteiger partial charge in [0.05, 0.1) is 16.4 Å². The molecule has 1 aromatic rings. The monoisotopic (exact) mass is 361 g/mol. The highest BCUT2D eigenvalue weighted by atomic mass is 35.5. The fourth-order valence-electron chi connectivity index (χ4n) is 2.61. The molecule has 0 spiro atoms. The van der Waals surface area contributed by atoms with Crippen molar-refractivity contribution < 1.29 is 9.72 Å². The molecule has 1 aromatic carbocycles. The van der Waals surface area contributed by atoms with Crippen LogP contribution in [0.2, 0.25) is 5.02 Å². The van der Waals surface area contributed by atoms with Crippen LogP contribution in [0, 0.1) is 16.0 Å². The molecule has 1 aliphatic rings.